The van der Waals surface area contributed by atoms with Gasteiger partial charge in [-0.05, 0) is 65.9 Å². The fraction of sp³-hybridized carbons (Fsp3) is 0.667. The van der Waals surface area contributed by atoms with E-state index in [4.69, 9.17) is 15.8 Å². The molecule has 2 fully saturated rings. The maximum absolute atomic E-state index is 13.6. The van der Waals surface area contributed by atoms with E-state index in [2.05, 4.69) is 20.8 Å². The van der Waals surface area contributed by atoms with E-state index < -0.39 is 0 Å². The number of hydrogen-bond donors (Lipinski definition) is 1. The fourth-order valence-electron chi connectivity index (χ4n) is 4.20. The lowest BCUT2D eigenvalue weighted by molar-refractivity contribution is 0.0625. The summed E-state index contributed by atoms with van der Waals surface area (Å²) in [5.74, 6) is 0.576. The van der Waals surface area contributed by atoms with Crippen molar-refractivity contribution in [1.29, 1.82) is 0 Å². The molecule has 1 unspecified atom stereocenters. The Balaban J connectivity index is 1.88. The molecule has 3 heterocycles. The van der Waals surface area contributed by atoms with Gasteiger partial charge in [0.15, 0.2) is 5.65 Å². The SMILES string of the molecule is Cc1nn(C(C)(C)C)c2nc(C3CC3)cc(C(=O)N3CCCCC3CN)c12. The van der Waals surface area contributed by atoms with E-state index in [9.17, 15) is 4.79 Å². The van der Waals surface area contributed by atoms with E-state index in [1.165, 1.54) is 0 Å². The molecule has 1 amide bonds. The first-order valence-corrected chi connectivity index (χ1v) is 10.2. The van der Waals surface area contributed by atoms with Gasteiger partial charge in [0, 0.05) is 30.7 Å². The van der Waals surface area contributed by atoms with Gasteiger partial charge in [-0.3, -0.25) is 4.79 Å². The highest BCUT2D eigenvalue weighted by molar-refractivity contribution is 6.06. The number of likely N-dealkylation sites (tertiary alicyclic amines) is 1. The van der Waals surface area contributed by atoms with E-state index in [1.807, 2.05) is 22.6 Å². The van der Waals surface area contributed by atoms with Crippen LogP contribution >= 0.6 is 0 Å². The van der Waals surface area contributed by atoms with E-state index in [0.717, 1.165) is 66.6 Å². The maximum atomic E-state index is 13.6. The van der Waals surface area contributed by atoms with Gasteiger partial charge in [0.05, 0.1) is 22.2 Å². The Labute approximate surface area is 161 Å². The molecule has 1 saturated heterocycles. The molecule has 2 N–H and O–H groups in total. The minimum Gasteiger partial charge on any atom is -0.334 e. The molecular formula is C21H31N5O. The third-order valence-corrected chi connectivity index (χ3v) is 5.85. The van der Waals surface area contributed by atoms with Crippen LogP contribution in [0.2, 0.25) is 0 Å². The van der Waals surface area contributed by atoms with Crippen molar-refractivity contribution in [3.05, 3.63) is 23.0 Å². The van der Waals surface area contributed by atoms with Crippen LogP contribution in [0.3, 0.4) is 0 Å². The predicted octanol–water partition coefficient (Wildman–Crippen LogP) is 3.33. The Morgan fingerprint density at radius 2 is 2.00 bits per heavy atom. The van der Waals surface area contributed by atoms with E-state index >= 15 is 0 Å². The monoisotopic (exact) mass is 369 g/mol. The van der Waals surface area contributed by atoms with Gasteiger partial charge in [-0.2, -0.15) is 5.10 Å². The van der Waals surface area contributed by atoms with E-state index in [1.54, 1.807) is 0 Å². The van der Waals surface area contributed by atoms with Crippen LogP contribution in [0.25, 0.3) is 11.0 Å². The molecule has 0 bridgehead atoms. The van der Waals surface area contributed by atoms with Gasteiger partial charge in [0.25, 0.3) is 5.91 Å². The second-order valence-corrected chi connectivity index (χ2v) is 9.12. The van der Waals surface area contributed by atoms with Crippen LogP contribution in [0, 0.1) is 6.92 Å². The lowest BCUT2D eigenvalue weighted by Gasteiger charge is -2.35. The van der Waals surface area contributed by atoms with Crippen molar-refractivity contribution in [1.82, 2.24) is 19.7 Å². The number of aryl methyl sites for hydroxylation is 1. The van der Waals surface area contributed by atoms with Gasteiger partial charge in [-0.25, -0.2) is 9.67 Å². The molecule has 6 heteroatoms. The Kier molecular flexibility index (Phi) is 4.49. The number of rotatable bonds is 3. The number of piperidine rings is 1. The van der Waals surface area contributed by atoms with E-state index in [-0.39, 0.29) is 17.5 Å². The number of amides is 1. The molecule has 27 heavy (non-hydrogen) atoms. The molecule has 1 saturated carbocycles. The summed E-state index contributed by atoms with van der Waals surface area (Å²) in [4.78, 5) is 20.5. The average Bonchev–Trinajstić information content (AvgIpc) is 3.43. The van der Waals surface area contributed by atoms with Crippen LogP contribution in [0.1, 0.15) is 80.5 Å². The topological polar surface area (TPSA) is 77.0 Å². The largest absolute Gasteiger partial charge is 0.334 e. The summed E-state index contributed by atoms with van der Waals surface area (Å²) in [6.07, 6.45) is 5.50. The second kappa shape index (κ2) is 6.59. The molecule has 2 aromatic rings. The zero-order valence-corrected chi connectivity index (χ0v) is 17.0. The highest BCUT2D eigenvalue weighted by Gasteiger charge is 2.33. The van der Waals surface area contributed by atoms with Crippen LogP contribution in [0.4, 0.5) is 0 Å². The van der Waals surface area contributed by atoms with Crippen molar-refractivity contribution in [3.63, 3.8) is 0 Å². The minimum atomic E-state index is -0.188. The standard InChI is InChI=1S/C21H31N5O/c1-13-18-16(20(27)25-10-6-5-7-15(25)12-22)11-17(14-8-9-14)23-19(18)26(24-13)21(2,3)4/h11,14-15H,5-10,12,22H2,1-4H3. The maximum Gasteiger partial charge on any atom is 0.255 e. The predicted molar refractivity (Wildman–Crippen MR) is 107 cm³/mol. The fourth-order valence-corrected chi connectivity index (χ4v) is 4.20. The Hall–Kier alpha value is -1.95. The van der Waals surface area contributed by atoms with Crippen molar-refractivity contribution in [2.45, 2.75) is 77.3 Å². The molecule has 146 valence electrons. The van der Waals surface area contributed by atoms with Crippen molar-refractivity contribution in [2.24, 2.45) is 5.73 Å². The molecule has 0 radical (unpaired) electrons. The average molecular weight is 370 g/mol. The molecule has 4 rings (SSSR count). The normalized spacial score (nSPS) is 21.1. The molecule has 1 aliphatic carbocycles. The van der Waals surface area contributed by atoms with Crippen LogP contribution in [0.5, 0.6) is 0 Å². The number of aromatic nitrogens is 3. The molecule has 6 nitrogen and oxygen atoms in total. The summed E-state index contributed by atoms with van der Waals surface area (Å²) in [5, 5.41) is 5.67. The smallest absolute Gasteiger partial charge is 0.255 e. The first kappa shape index (κ1) is 18.4. The Bertz CT molecular complexity index is 875. The zero-order valence-electron chi connectivity index (χ0n) is 17.0. The second-order valence-electron chi connectivity index (χ2n) is 9.12. The summed E-state index contributed by atoms with van der Waals surface area (Å²) >= 11 is 0. The number of fused-ring (bicyclic) bond motifs is 1. The van der Waals surface area contributed by atoms with Crippen LogP contribution in [-0.2, 0) is 5.54 Å². The van der Waals surface area contributed by atoms with Crippen molar-refractivity contribution < 1.29 is 4.79 Å². The summed E-state index contributed by atoms with van der Waals surface area (Å²) in [5.41, 5.74) is 9.31. The van der Waals surface area contributed by atoms with E-state index in [0.29, 0.717) is 12.5 Å². The van der Waals surface area contributed by atoms with Gasteiger partial charge in [-0.1, -0.05) is 0 Å². The number of hydrogen-bond acceptors (Lipinski definition) is 4. The molecule has 2 aromatic heterocycles. The van der Waals surface area contributed by atoms with Gasteiger partial charge in [0.2, 0.25) is 0 Å². The Morgan fingerprint density at radius 3 is 2.63 bits per heavy atom. The lowest BCUT2D eigenvalue weighted by Crippen LogP contribution is -2.47. The molecular weight excluding hydrogens is 338 g/mol. The molecule has 1 atom stereocenters. The molecule has 1 aliphatic heterocycles. The third-order valence-electron chi connectivity index (χ3n) is 5.85. The number of pyridine rings is 1. The van der Waals surface area contributed by atoms with Crippen molar-refractivity contribution in [2.75, 3.05) is 13.1 Å². The van der Waals surface area contributed by atoms with Crippen molar-refractivity contribution in [3.8, 4) is 0 Å². The summed E-state index contributed by atoms with van der Waals surface area (Å²) in [6.45, 7) is 9.67. The highest BCUT2D eigenvalue weighted by Crippen LogP contribution is 2.41. The van der Waals surface area contributed by atoms with Gasteiger partial charge in [0.1, 0.15) is 0 Å². The zero-order chi connectivity index (χ0) is 19.3. The summed E-state index contributed by atoms with van der Waals surface area (Å²) < 4.78 is 1.98. The highest BCUT2D eigenvalue weighted by atomic mass is 16.2. The number of nitrogens with zero attached hydrogens (tertiary/aromatic N) is 4. The lowest BCUT2D eigenvalue weighted by atomic mass is 9.99. The first-order valence-electron chi connectivity index (χ1n) is 10.2. The summed E-state index contributed by atoms with van der Waals surface area (Å²) in [6, 6.07) is 2.17. The van der Waals surface area contributed by atoms with Gasteiger partial charge in [-0.15, -0.1) is 0 Å². The number of carbonyl (C=O) groups is 1. The molecule has 0 spiro atoms. The van der Waals surface area contributed by atoms with Crippen molar-refractivity contribution >= 4 is 16.9 Å². The van der Waals surface area contributed by atoms with Gasteiger partial charge >= 0.3 is 0 Å². The van der Waals surface area contributed by atoms with Gasteiger partial charge < -0.3 is 10.6 Å². The number of nitrogens with two attached hydrogens (primary N) is 1. The van der Waals surface area contributed by atoms with Crippen LogP contribution in [-0.4, -0.2) is 44.7 Å². The van der Waals surface area contributed by atoms with Crippen LogP contribution in [0.15, 0.2) is 6.07 Å². The Morgan fingerprint density at radius 1 is 1.26 bits per heavy atom. The van der Waals surface area contributed by atoms with Crippen LogP contribution < -0.4 is 5.73 Å². The number of carbonyl (C=O) groups excluding carboxylic acids is 1. The molecule has 2 aliphatic rings. The summed E-state index contributed by atoms with van der Waals surface area (Å²) in [7, 11) is 0. The quantitative estimate of drug-likeness (QED) is 0.900. The minimum absolute atomic E-state index is 0.0935. The first-order chi connectivity index (χ1) is 12.8. The third kappa shape index (κ3) is 3.24. The molecule has 0 aromatic carbocycles.